The van der Waals surface area contributed by atoms with Crippen LogP contribution < -0.4 is 20.2 Å². The highest BCUT2D eigenvalue weighted by molar-refractivity contribution is 7.15. The smallest absolute Gasteiger partial charge is 0.269 e. The number of ether oxygens (including phenoxy) is 2. The second-order valence-electron chi connectivity index (χ2n) is 8.26. The van der Waals surface area contributed by atoms with E-state index in [1.165, 1.54) is 30.5 Å². The number of rotatable bonds is 12. The number of aromatic nitrogens is 2. The molecule has 0 aliphatic heterocycles. The maximum atomic E-state index is 12.4. The van der Waals surface area contributed by atoms with E-state index in [4.69, 9.17) is 9.47 Å². The van der Waals surface area contributed by atoms with Crippen LogP contribution in [0, 0.1) is 17.0 Å². The average molecular weight is 561 g/mol. The minimum atomic E-state index is -0.470. The van der Waals surface area contributed by atoms with Gasteiger partial charge in [0.2, 0.25) is 11.0 Å². The molecule has 12 nitrogen and oxygen atoms in total. The van der Waals surface area contributed by atoms with Gasteiger partial charge in [0.25, 0.3) is 11.6 Å². The molecule has 0 aliphatic carbocycles. The molecule has 3 aromatic carbocycles. The number of hydrazone groups is 1. The lowest BCUT2D eigenvalue weighted by atomic mass is 10.1. The van der Waals surface area contributed by atoms with Gasteiger partial charge in [-0.3, -0.25) is 25.0 Å². The number of nitro groups is 1. The van der Waals surface area contributed by atoms with Gasteiger partial charge in [-0.2, -0.15) is 5.10 Å². The fourth-order valence-corrected chi connectivity index (χ4v) is 4.09. The number of carbonyl (C=O) groups excluding carboxylic acids is 2. The van der Waals surface area contributed by atoms with E-state index in [1.54, 1.807) is 36.4 Å². The molecular weight excluding hydrogens is 536 g/mol. The van der Waals surface area contributed by atoms with E-state index in [0.717, 1.165) is 22.5 Å². The normalized spacial score (nSPS) is 10.7. The third-order valence-corrected chi connectivity index (χ3v) is 6.18. The summed E-state index contributed by atoms with van der Waals surface area (Å²) in [7, 11) is 0. The SMILES string of the molecule is Cc1ccccc1C(=O)Nc1nnc(CC(=O)N/N=C/c2ccc(OCCOc3ccc([N+](=O)[O-])cc3)cc2)s1. The first-order valence-electron chi connectivity index (χ1n) is 12.0. The molecule has 204 valence electrons. The van der Waals surface area contributed by atoms with Crippen molar-refractivity contribution in [3.63, 3.8) is 0 Å². The number of amides is 2. The van der Waals surface area contributed by atoms with Crippen LogP contribution in [0.5, 0.6) is 11.5 Å². The van der Waals surface area contributed by atoms with E-state index in [1.807, 2.05) is 19.1 Å². The number of nitrogens with one attached hydrogen (secondary N) is 2. The Hall–Kier alpha value is -5.17. The van der Waals surface area contributed by atoms with Gasteiger partial charge in [0, 0.05) is 17.7 Å². The standard InChI is InChI=1S/C27H24N6O6S/c1-18-4-2-3-5-23(18)26(35)29-27-32-31-25(40-27)16-24(34)30-28-17-19-6-10-21(11-7-19)38-14-15-39-22-12-8-20(9-13-22)33(36)37/h2-13,17H,14-16H2,1H3,(H,30,34)(H,29,32,35)/b28-17+. The van der Waals surface area contributed by atoms with Gasteiger partial charge in [0.1, 0.15) is 29.7 Å². The highest BCUT2D eigenvalue weighted by atomic mass is 32.1. The van der Waals surface area contributed by atoms with E-state index < -0.39 is 4.92 Å². The van der Waals surface area contributed by atoms with E-state index in [9.17, 15) is 19.7 Å². The molecule has 0 bridgehead atoms. The van der Waals surface area contributed by atoms with Crippen molar-refractivity contribution in [3.05, 3.63) is 105 Å². The first kappa shape index (κ1) is 27.9. The van der Waals surface area contributed by atoms with Crippen LogP contribution in [-0.4, -0.2) is 46.4 Å². The molecule has 0 unspecified atom stereocenters. The summed E-state index contributed by atoms with van der Waals surface area (Å²) in [5.41, 5.74) is 4.57. The van der Waals surface area contributed by atoms with E-state index >= 15 is 0 Å². The zero-order valence-electron chi connectivity index (χ0n) is 21.3. The molecule has 0 aliphatic rings. The number of carbonyl (C=O) groups is 2. The predicted molar refractivity (Wildman–Crippen MR) is 149 cm³/mol. The van der Waals surface area contributed by atoms with Crippen LogP contribution >= 0.6 is 11.3 Å². The molecule has 0 radical (unpaired) electrons. The first-order chi connectivity index (χ1) is 19.4. The fourth-order valence-electron chi connectivity index (χ4n) is 3.36. The molecule has 4 rings (SSSR count). The van der Waals surface area contributed by atoms with Crippen molar-refractivity contribution in [2.24, 2.45) is 5.10 Å². The summed E-state index contributed by atoms with van der Waals surface area (Å²) in [5.74, 6) is 0.466. The van der Waals surface area contributed by atoms with Crippen LogP contribution in [-0.2, 0) is 11.2 Å². The van der Waals surface area contributed by atoms with E-state index in [0.29, 0.717) is 27.2 Å². The van der Waals surface area contributed by atoms with Crippen LogP contribution in [0.25, 0.3) is 0 Å². The molecule has 4 aromatic rings. The lowest BCUT2D eigenvalue weighted by Gasteiger charge is -2.08. The molecule has 2 N–H and O–H groups in total. The molecule has 0 fully saturated rings. The Bertz CT molecular complexity index is 1500. The summed E-state index contributed by atoms with van der Waals surface area (Å²) >= 11 is 1.12. The van der Waals surface area contributed by atoms with Crippen LogP contribution in [0.2, 0.25) is 0 Å². The molecule has 0 spiro atoms. The minimum absolute atomic E-state index is 0.00121. The Balaban J connectivity index is 1.16. The number of hydrogen-bond donors (Lipinski definition) is 2. The van der Waals surface area contributed by atoms with Crippen molar-refractivity contribution in [2.45, 2.75) is 13.3 Å². The van der Waals surface area contributed by atoms with Crippen molar-refractivity contribution >= 4 is 40.2 Å². The molecule has 0 saturated carbocycles. The summed E-state index contributed by atoms with van der Waals surface area (Å²) in [6.45, 7) is 2.39. The summed E-state index contributed by atoms with van der Waals surface area (Å²) in [4.78, 5) is 34.8. The van der Waals surface area contributed by atoms with Crippen LogP contribution in [0.15, 0.2) is 77.9 Å². The molecule has 0 saturated heterocycles. The van der Waals surface area contributed by atoms with Gasteiger partial charge >= 0.3 is 0 Å². The average Bonchev–Trinajstić information content (AvgIpc) is 3.38. The fraction of sp³-hybridized carbons (Fsp3) is 0.148. The van der Waals surface area contributed by atoms with Gasteiger partial charge in [-0.15, -0.1) is 10.2 Å². The number of non-ortho nitro benzene ring substituents is 1. The lowest BCUT2D eigenvalue weighted by molar-refractivity contribution is -0.384. The number of nitro benzene ring substituents is 1. The summed E-state index contributed by atoms with van der Waals surface area (Å²) in [6, 6.07) is 20.1. The molecule has 40 heavy (non-hydrogen) atoms. The third-order valence-electron chi connectivity index (χ3n) is 5.34. The monoisotopic (exact) mass is 560 g/mol. The van der Waals surface area contributed by atoms with Gasteiger partial charge in [-0.1, -0.05) is 29.5 Å². The van der Waals surface area contributed by atoms with Crippen molar-refractivity contribution < 1.29 is 24.0 Å². The molecule has 13 heteroatoms. The van der Waals surface area contributed by atoms with Gasteiger partial charge < -0.3 is 9.47 Å². The second-order valence-corrected chi connectivity index (χ2v) is 9.32. The number of anilines is 1. The zero-order chi connectivity index (χ0) is 28.3. The highest BCUT2D eigenvalue weighted by Crippen LogP contribution is 2.19. The van der Waals surface area contributed by atoms with Crippen molar-refractivity contribution in [1.29, 1.82) is 0 Å². The summed E-state index contributed by atoms with van der Waals surface area (Å²) < 4.78 is 11.1. The summed E-state index contributed by atoms with van der Waals surface area (Å²) in [6.07, 6.45) is 1.46. The van der Waals surface area contributed by atoms with Gasteiger partial charge in [0.05, 0.1) is 17.6 Å². The first-order valence-corrected chi connectivity index (χ1v) is 12.8. The topological polar surface area (TPSA) is 158 Å². The van der Waals surface area contributed by atoms with Crippen molar-refractivity contribution in [2.75, 3.05) is 18.5 Å². The molecular formula is C27H24N6O6S. The largest absolute Gasteiger partial charge is 0.490 e. The van der Waals surface area contributed by atoms with Gasteiger partial charge in [-0.25, -0.2) is 5.43 Å². The minimum Gasteiger partial charge on any atom is -0.490 e. The quantitative estimate of drug-likeness (QED) is 0.113. The number of aryl methyl sites for hydroxylation is 1. The molecule has 1 heterocycles. The van der Waals surface area contributed by atoms with Gasteiger partial charge in [0.15, 0.2) is 0 Å². The van der Waals surface area contributed by atoms with Gasteiger partial charge in [-0.05, 0) is 60.5 Å². The maximum Gasteiger partial charge on any atom is 0.269 e. The molecule has 2 amide bonds. The zero-order valence-corrected chi connectivity index (χ0v) is 22.1. The molecule has 1 aromatic heterocycles. The second kappa shape index (κ2) is 13.6. The Labute approximate surface area is 232 Å². The Kier molecular flexibility index (Phi) is 9.45. The predicted octanol–water partition coefficient (Wildman–Crippen LogP) is 4.16. The van der Waals surface area contributed by atoms with E-state index in [-0.39, 0.29) is 37.1 Å². The number of hydrogen-bond acceptors (Lipinski definition) is 10. The Morgan fingerprint density at radius 3 is 2.27 bits per heavy atom. The van der Waals surface area contributed by atoms with Crippen LogP contribution in [0.3, 0.4) is 0 Å². The van der Waals surface area contributed by atoms with Crippen molar-refractivity contribution in [3.8, 4) is 11.5 Å². The maximum absolute atomic E-state index is 12.4. The number of nitrogens with zero attached hydrogens (tertiary/aromatic N) is 4. The van der Waals surface area contributed by atoms with Crippen molar-refractivity contribution in [1.82, 2.24) is 15.6 Å². The third kappa shape index (κ3) is 8.16. The molecule has 0 atom stereocenters. The summed E-state index contributed by atoms with van der Waals surface area (Å²) in [5, 5.41) is 26.0. The van der Waals surface area contributed by atoms with E-state index in [2.05, 4.69) is 26.0 Å². The number of benzene rings is 3. The van der Waals surface area contributed by atoms with Crippen LogP contribution in [0.4, 0.5) is 10.8 Å². The highest BCUT2D eigenvalue weighted by Gasteiger charge is 2.13. The lowest BCUT2D eigenvalue weighted by Crippen LogP contribution is -2.19. The van der Waals surface area contributed by atoms with Crippen LogP contribution in [0.1, 0.15) is 26.5 Å². The Morgan fingerprint density at radius 2 is 1.62 bits per heavy atom. The Morgan fingerprint density at radius 1 is 0.975 bits per heavy atom.